The van der Waals surface area contributed by atoms with Gasteiger partial charge in [0, 0.05) is 36.6 Å². The van der Waals surface area contributed by atoms with Crippen LogP contribution in [0.2, 0.25) is 5.02 Å². The average molecular weight is 281 g/mol. The summed E-state index contributed by atoms with van der Waals surface area (Å²) in [5, 5.41) is 3.69. The Kier molecular flexibility index (Phi) is 3.48. The maximum atomic E-state index is 11.3. The highest BCUT2D eigenvalue weighted by Gasteiger charge is 2.44. The molecule has 1 amide bonds. The summed E-state index contributed by atoms with van der Waals surface area (Å²) in [6, 6.07) is 7.94. The van der Waals surface area contributed by atoms with Crippen molar-refractivity contribution in [3.8, 4) is 0 Å². The van der Waals surface area contributed by atoms with Crippen LogP contribution in [0, 0.1) is 5.41 Å². The van der Waals surface area contributed by atoms with Gasteiger partial charge in [0.2, 0.25) is 5.91 Å². The first-order valence-electron chi connectivity index (χ1n) is 6.47. The molecule has 4 nitrogen and oxygen atoms in total. The molecule has 0 radical (unpaired) electrons. The van der Waals surface area contributed by atoms with E-state index in [1.54, 1.807) is 0 Å². The third-order valence-electron chi connectivity index (χ3n) is 3.74. The summed E-state index contributed by atoms with van der Waals surface area (Å²) in [6.07, 6.45) is 0. The number of hydrogen-bond donors (Lipinski definition) is 1. The van der Waals surface area contributed by atoms with Gasteiger partial charge in [-0.25, -0.2) is 0 Å². The van der Waals surface area contributed by atoms with Crippen LogP contribution in [0.1, 0.15) is 5.56 Å². The number of halogens is 1. The zero-order chi connectivity index (χ0) is 13.3. The van der Waals surface area contributed by atoms with E-state index < -0.39 is 0 Å². The van der Waals surface area contributed by atoms with E-state index in [0.29, 0.717) is 6.61 Å². The molecule has 0 unspecified atom stereocenters. The summed E-state index contributed by atoms with van der Waals surface area (Å²) >= 11 is 5.87. The van der Waals surface area contributed by atoms with Crippen molar-refractivity contribution >= 4 is 17.5 Å². The molecule has 0 bridgehead atoms. The quantitative estimate of drug-likeness (QED) is 0.888. The van der Waals surface area contributed by atoms with Crippen molar-refractivity contribution in [1.29, 1.82) is 0 Å². The summed E-state index contributed by atoms with van der Waals surface area (Å²) in [7, 11) is 0. The summed E-state index contributed by atoms with van der Waals surface area (Å²) in [4.78, 5) is 13.6. The van der Waals surface area contributed by atoms with Crippen molar-refractivity contribution in [3.63, 3.8) is 0 Å². The molecule has 3 rings (SSSR count). The molecule has 0 aliphatic carbocycles. The summed E-state index contributed by atoms with van der Waals surface area (Å²) in [5.74, 6) is -0.00646. The van der Waals surface area contributed by atoms with Crippen molar-refractivity contribution < 1.29 is 9.53 Å². The SMILES string of the molecule is O=C1COCC2(CN1)CN(Cc1ccc(Cl)cc1)C2. The van der Waals surface area contributed by atoms with Crippen LogP contribution in [0.25, 0.3) is 0 Å². The number of benzene rings is 1. The van der Waals surface area contributed by atoms with Crippen molar-refractivity contribution in [3.05, 3.63) is 34.9 Å². The maximum Gasteiger partial charge on any atom is 0.246 e. The van der Waals surface area contributed by atoms with Gasteiger partial charge in [0.15, 0.2) is 0 Å². The minimum Gasteiger partial charge on any atom is -0.371 e. The number of carbonyl (C=O) groups excluding carboxylic acids is 1. The van der Waals surface area contributed by atoms with Gasteiger partial charge in [-0.1, -0.05) is 23.7 Å². The van der Waals surface area contributed by atoms with Gasteiger partial charge in [0.05, 0.1) is 6.61 Å². The number of nitrogens with one attached hydrogen (secondary N) is 1. The van der Waals surface area contributed by atoms with Gasteiger partial charge in [0.1, 0.15) is 6.61 Å². The molecule has 2 fully saturated rings. The third kappa shape index (κ3) is 2.91. The molecule has 5 heteroatoms. The first-order valence-corrected chi connectivity index (χ1v) is 6.84. The van der Waals surface area contributed by atoms with E-state index in [2.05, 4.69) is 22.3 Å². The molecule has 2 saturated heterocycles. The van der Waals surface area contributed by atoms with Gasteiger partial charge in [0.25, 0.3) is 0 Å². The van der Waals surface area contributed by atoms with Crippen LogP contribution in [-0.4, -0.2) is 43.7 Å². The van der Waals surface area contributed by atoms with Gasteiger partial charge >= 0.3 is 0 Å². The molecular formula is C14H17ClN2O2. The molecule has 2 heterocycles. The van der Waals surface area contributed by atoms with Gasteiger partial charge < -0.3 is 10.1 Å². The Balaban J connectivity index is 1.54. The van der Waals surface area contributed by atoms with Gasteiger partial charge in [-0.05, 0) is 17.7 Å². The van der Waals surface area contributed by atoms with Crippen LogP contribution in [0.15, 0.2) is 24.3 Å². The van der Waals surface area contributed by atoms with E-state index in [-0.39, 0.29) is 17.9 Å². The Bertz CT molecular complexity index is 469. The molecule has 2 aliphatic heterocycles. The van der Waals surface area contributed by atoms with Crippen LogP contribution in [0.5, 0.6) is 0 Å². The fourth-order valence-corrected chi connectivity index (χ4v) is 2.94. The number of amides is 1. The lowest BCUT2D eigenvalue weighted by atomic mass is 9.80. The van der Waals surface area contributed by atoms with E-state index in [1.165, 1.54) is 5.56 Å². The van der Waals surface area contributed by atoms with Crippen LogP contribution in [-0.2, 0) is 16.1 Å². The Labute approximate surface area is 117 Å². The molecule has 1 aromatic carbocycles. The monoisotopic (exact) mass is 280 g/mol. The van der Waals surface area contributed by atoms with Crippen LogP contribution in [0.3, 0.4) is 0 Å². The van der Waals surface area contributed by atoms with Crippen LogP contribution in [0.4, 0.5) is 0 Å². The van der Waals surface area contributed by atoms with Crippen LogP contribution < -0.4 is 5.32 Å². The molecule has 1 aromatic rings. The number of carbonyl (C=O) groups is 1. The standard InChI is InChI=1S/C14H17ClN2O2/c15-12-3-1-11(2-4-12)5-17-8-14(9-17)7-16-13(18)6-19-10-14/h1-4H,5-10H2,(H,16,18). The largest absolute Gasteiger partial charge is 0.371 e. The Hall–Kier alpha value is -1.10. The number of ether oxygens (including phenoxy) is 1. The highest BCUT2D eigenvalue weighted by molar-refractivity contribution is 6.30. The first-order chi connectivity index (χ1) is 9.15. The van der Waals surface area contributed by atoms with Crippen molar-refractivity contribution in [2.24, 2.45) is 5.41 Å². The minimum atomic E-state index is -0.00646. The summed E-state index contributed by atoms with van der Waals surface area (Å²) in [6.45, 7) is 4.45. The lowest BCUT2D eigenvalue weighted by Gasteiger charge is -2.49. The molecule has 0 aromatic heterocycles. The number of rotatable bonds is 2. The summed E-state index contributed by atoms with van der Waals surface area (Å²) < 4.78 is 5.42. The molecule has 1 spiro atoms. The first kappa shape index (κ1) is 12.9. The van der Waals surface area contributed by atoms with Crippen molar-refractivity contribution in [2.75, 3.05) is 32.8 Å². The Morgan fingerprint density at radius 2 is 2.05 bits per heavy atom. The minimum absolute atomic E-state index is 0.00646. The number of likely N-dealkylation sites (tertiary alicyclic amines) is 1. The van der Waals surface area contributed by atoms with E-state index in [0.717, 1.165) is 31.2 Å². The second kappa shape index (κ2) is 5.12. The molecule has 102 valence electrons. The molecule has 19 heavy (non-hydrogen) atoms. The van der Waals surface area contributed by atoms with Gasteiger partial charge in [-0.3, -0.25) is 9.69 Å². The molecule has 0 saturated carbocycles. The third-order valence-corrected chi connectivity index (χ3v) is 3.99. The molecule has 1 N–H and O–H groups in total. The van der Waals surface area contributed by atoms with Gasteiger partial charge in [-0.2, -0.15) is 0 Å². The van der Waals surface area contributed by atoms with Gasteiger partial charge in [-0.15, -0.1) is 0 Å². The van der Waals surface area contributed by atoms with Crippen LogP contribution >= 0.6 is 11.6 Å². The normalized spacial score (nSPS) is 22.7. The average Bonchev–Trinajstić information content (AvgIpc) is 2.54. The topological polar surface area (TPSA) is 41.6 Å². The predicted molar refractivity (Wildman–Crippen MR) is 73.0 cm³/mol. The fourth-order valence-electron chi connectivity index (χ4n) is 2.81. The maximum absolute atomic E-state index is 11.3. The Morgan fingerprint density at radius 1 is 1.32 bits per heavy atom. The smallest absolute Gasteiger partial charge is 0.246 e. The van der Waals surface area contributed by atoms with E-state index in [1.807, 2.05) is 12.1 Å². The Morgan fingerprint density at radius 3 is 2.79 bits per heavy atom. The van der Waals surface area contributed by atoms with E-state index in [4.69, 9.17) is 16.3 Å². The zero-order valence-corrected chi connectivity index (χ0v) is 11.4. The fraction of sp³-hybridized carbons (Fsp3) is 0.500. The number of hydrogen-bond acceptors (Lipinski definition) is 3. The zero-order valence-electron chi connectivity index (χ0n) is 10.7. The molecule has 0 atom stereocenters. The molecule has 2 aliphatic rings. The van der Waals surface area contributed by atoms with E-state index >= 15 is 0 Å². The molecular weight excluding hydrogens is 264 g/mol. The highest BCUT2D eigenvalue weighted by Crippen LogP contribution is 2.32. The van der Waals surface area contributed by atoms with Crippen molar-refractivity contribution in [1.82, 2.24) is 10.2 Å². The van der Waals surface area contributed by atoms with Crippen molar-refractivity contribution in [2.45, 2.75) is 6.54 Å². The lowest BCUT2D eigenvalue weighted by molar-refractivity contribution is -0.124. The number of nitrogens with zero attached hydrogens (tertiary/aromatic N) is 1. The predicted octanol–water partition coefficient (Wildman–Crippen LogP) is 1.29. The second-order valence-corrected chi connectivity index (χ2v) is 5.98. The highest BCUT2D eigenvalue weighted by atomic mass is 35.5. The second-order valence-electron chi connectivity index (χ2n) is 5.54. The summed E-state index contributed by atoms with van der Waals surface area (Å²) in [5.41, 5.74) is 1.37. The van der Waals surface area contributed by atoms with E-state index in [9.17, 15) is 4.79 Å². The lowest BCUT2D eigenvalue weighted by Crippen LogP contribution is -2.61.